The average molecular weight is 156 g/mol. The van der Waals surface area contributed by atoms with Gasteiger partial charge in [0.2, 0.25) is 0 Å². The molecule has 2 rings (SSSR count). The van der Waals surface area contributed by atoms with Crippen molar-refractivity contribution in [2.45, 2.75) is 6.42 Å². The van der Waals surface area contributed by atoms with E-state index in [0.717, 1.165) is 24.1 Å². The molecule has 1 aromatic rings. The van der Waals surface area contributed by atoms with Crippen molar-refractivity contribution in [3.8, 4) is 6.07 Å². The van der Waals surface area contributed by atoms with Crippen LogP contribution in [0.25, 0.3) is 0 Å². The molecule has 0 saturated carbocycles. The van der Waals surface area contributed by atoms with E-state index < -0.39 is 0 Å². The largest absolute Gasteiger partial charge is 0.292 e. The fourth-order valence-corrected chi connectivity index (χ4v) is 1.42. The van der Waals surface area contributed by atoms with E-state index in [9.17, 15) is 0 Å². The molecular formula is C10H8N2. The van der Waals surface area contributed by atoms with Crippen LogP contribution in [-0.4, -0.2) is 12.8 Å². The second kappa shape index (κ2) is 2.78. The van der Waals surface area contributed by atoms with Gasteiger partial charge < -0.3 is 0 Å². The molecule has 0 radical (unpaired) electrons. The first-order valence-corrected chi connectivity index (χ1v) is 3.93. The van der Waals surface area contributed by atoms with E-state index >= 15 is 0 Å². The summed E-state index contributed by atoms with van der Waals surface area (Å²) in [5, 5.41) is 8.78. The van der Waals surface area contributed by atoms with Gasteiger partial charge in [-0.15, -0.1) is 0 Å². The van der Waals surface area contributed by atoms with Gasteiger partial charge >= 0.3 is 0 Å². The van der Waals surface area contributed by atoms with Crippen LogP contribution in [0, 0.1) is 11.3 Å². The molecule has 0 atom stereocenters. The van der Waals surface area contributed by atoms with Gasteiger partial charge in [-0.3, -0.25) is 4.99 Å². The normalized spacial score (nSPS) is 13.6. The SMILES string of the molecule is N#Cc1cccc2c1C=NCC2. The van der Waals surface area contributed by atoms with Crippen LogP contribution in [0.1, 0.15) is 16.7 Å². The van der Waals surface area contributed by atoms with Crippen molar-refractivity contribution >= 4 is 6.21 Å². The standard InChI is InChI=1S/C10H8N2/c11-6-9-3-1-2-8-4-5-12-7-10(8)9/h1-3,7H,4-5H2. The van der Waals surface area contributed by atoms with Gasteiger partial charge in [0, 0.05) is 18.3 Å². The van der Waals surface area contributed by atoms with E-state index in [-0.39, 0.29) is 0 Å². The van der Waals surface area contributed by atoms with Gasteiger partial charge in [-0.05, 0) is 18.1 Å². The van der Waals surface area contributed by atoms with E-state index in [2.05, 4.69) is 17.1 Å². The van der Waals surface area contributed by atoms with Crippen molar-refractivity contribution in [2.75, 3.05) is 6.54 Å². The molecule has 1 heterocycles. The number of hydrogen-bond acceptors (Lipinski definition) is 2. The number of rotatable bonds is 0. The summed E-state index contributed by atoms with van der Waals surface area (Å²) in [5.41, 5.74) is 2.98. The van der Waals surface area contributed by atoms with Crippen LogP contribution in [0.4, 0.5) is 0 Å². The van der Waals surface area contributed by atoms with Crippen LogP contribution in [0.15, 0.2) is 23.2 Å². The lowest BCUT2D eigenvalue weighted by Crippen LogP contribution is -2.04. The molecule has 2 nitrogen and oxygen atoms in total. The predicted octanol–water partition coefficient (Wildman–Crippen LogP) is 1.53. The highest BCUT2D eigenvalue weighted by molar-refractivity contribution is 5.86. The smallest absolute Gasteiger partial charge is 0.0998 e. The number of nitrogens with zero attached hydrogens (tertiary/aromatic N) is 2. The Morgan fingerprint density at radius 2 is 2.33 bits per heavy atom. The topological polar surface area (TPSA) is 36.1 Å². The Morgan fingerprint density at radius 3 is 3.17 bits per heavy atom. The molecule has 58 valence electrons. The Kier molecular flexibility index (Phi) is 1.64. The number of fused-ring (bicyclic) bond motifs is 1. The summed E-state index contributed by atoms with van der Waals surface area (Å²) in [6.45, 7) is 0.849. The third-order valence-electron chi connectivity index (χ3n) is 2.05. The Bertz CT molecular complexity index is 372. The van der Waals surface area contributed by atoms with Gasteiger partial charge in [0.15, 0.2) is 0 Å². The van der Waals surface area contributed by atoms with Crippen molar-refractivity contribution in [3.05, 3.63) is 34.9 Å². The molecule has 0 aliphatic carbocycles. The van der Waals surface area contributed by atoms with E-state index in [1.54, 1.807) is 6.21 Å². The molecule has 12 heavy (non-hydrogen) atoms. The van der Waals surface area contributed by atoms with Gasteiger partial charge in [-0.1, -0.05) is 12.1 Å². The van der Waals surface area contributed by atoms with Crippen LogP contribution in [0.5, 0.6) is 0 Å². The fraction of sp³-hybridized carbons (Fsp3) is 0.200. The summed E-state index contributed by atoms with van der Waals surface area (Å²) in [5.74, 6) is 0. The Balaban J connectivity index is 2.64. The maximum atomic E-state index is 8.78. The monoisotopic (exact) mass is 156 g/mol. The van der Waals surface area contributed by atoms with Gasteiger partial charge in [-0.2, -0.15) is 5.26 Å². The fourth-order valence-electron chi connectivity index (χ4n) is 1.42. The first-order chi connectivity index (χ1) is 5.92. The molecule has 0 amide bonds. The van der Waals surface area contributed by atoms with Crippen LogP contribution < -0.4 is 0 Å². The van der Waals surface area contributed by atoms with Crippen molar-refractivity contribution in [1.29, 1.82) is 5.26 Å². The third kappa shape index (κ3) is 0.998. The first kappa shape index (κ1) is 7.05. The van der Waals surface area contributed by atoms with Gasteiger partial charge in [-0.25, -0.2) is 0 Å². The molecule has 1 aliphatic rings. The number of hydrogen-bond donors (Lipinski definition) is 0. The molecule has 0 bridgehead atoms. The van der Waals surface area contributed by atoms with Crippen molar-refractivity contribution in [3.63, 3.8) is 0 Å². The van der Waals surface area contributed by atoms with E-state index in [1.807, 2.05) is 12.1 Å². The molecule has 0 aromatic heterocycles. The summed E-state index contributed by atoms with van der Waals surface area (Å²) >= 11 is 0. The van der Waals surface area contributed by atoms with Gasteiger partial charge in [0.05, 0.1) is 11.6 Å². The minimum atomic E-state index is 0.732. The number of benzene rings is 1. The Hall–Kier alpha value is -1.62. The zero-order valence-corrected chi connectivity index (χ0v) is 6.62. The molecule has 0 unspecified atom stereocenters. The highest BCUT2D eigenvalue weighted by Gasteiger charge is 2.08. The second-order valence-corrected chi connectivity index (χ2v) is 2.78. The zero-order chi connectivity index (χ0) is 8.39. The van der Waals surface area contributed by atoms with Crippen LogP contribution in [-0.2, 0) is 6.42 Å². The lowest BCUT2D eigenvalue weighted by molar-refractivity contribution is 0.951. The van der Waals surface area contributed by atoms with E-state index in [4.69, 9.17) is 5.26 Å². The summed E-state index contributed by atoms with van der Waals surface area (Å²) in [6.07, 6.45) is 2.76. The lowest BCUT2D eigenvalue weighted by Gasteiger charge is -2.09. The highest BCUT2D eigenvalue weighted by atomic mass is 14.7. The minimum absolute atomic E-state index is 0.732. The van der Waals surface area contributed by atoms with Crippen LogP contribution >= 0.6 is 0 Å². The molecular weight excluding hydrogens is 148 g/mol. The Morgan fingerprint density at radius 1 is 1.42 bits per heavy atom. The third-order valence-corrected chi connectivity index (χ3v) is 2.05. The second-order valence-electron chi connectivity index (χ2n) is 2.78. The Labute approximate surface area is 71.2 Å². The average Bonchev–Trinajstić information content (AvgIpc) is 2.17. The molecule has 0 N–H and O–H groups in total. The molecule has 1 aromatic carbocycles. The summed E-state index contributed by atoms with van der Waals surface area (Å²) < 4.78 is 0. The lowest BCUT2D eigenvalue weighted by atomic mass is 9.98. The van der Waals surface area contributed by atoms with Gasteiger partial charge in [0.25, 0.3) is 0 Å². The molecule has 0 saturated heterocycles. The maximum absolute atomic E-state index is 8.78. The highest BCUT2D eigenvalue weighted by Crippen LogP contribution is 2.15. The van der Waals surface area contributed by atoms with Gasteiger partial charge in [0.1, 0.15) is 0 Å². The van der Waals surface area contributed by atoms with Crippen molar-refractivity contribution < 1.29 is 0 Å². The predicted molar refractivity (Wildman–Crippen MR) is 47.3 cm³/mol. The van der Waals surface area contributed by atoms with E-state index in [0.29, 0.717) is 0 Å². The van der Waals surface area contributed by atoms with Crippen molar-refractivity contribution in [1.82, 2.24) is 0 Å². The minimum Gasteiger partial charge on any atom is -0.292 e. The van der Waals surface area contributed by atoms with Crippen LogP contribution in [0.2, 0.25) is 0 Å². The zero-order valence-electron chi connectivity index (χ0n) is 6.62. The summed E-state index contributed by atoms with van der Waals surface area (Å²) in [4.78, 5) is 4.15. The maximum Gasteiger partial charge on any atom is 0.0998 e. The van der Waals surface area contributed by atoms with E-state index in [1.165, 1.54) is 5.56 Å². The molecule has 0 fully saturated rings. The summed E-state index contributed by atoms with van der Waals surface area (Å²) in [6, 6.07) is 7.98. The summed E-state index contributed by atoms with van der Waals surface area (Å²) in [7, 11) is 0. The molecule has 0 spiro atoms. The quantitative estimate of drug-likeness (QED) is 0.561. The molecule has 2 heteroatoms. The number of aliphatic imine (C=N–C) groups is 1. The first-order valence-electron chi connectivity index (χ1n) is 3.93. The van der Waals surface area contributed by atoms with Crippen LogP contribution in [0.3, 0.4) is 0 Å². The number of nitriles is 1. The van der Waals surface area contributed by atoms with Crippen molar-refractivity contribution in [2.24, 2.45) is 4.99 Å². The molecule has 1 aliphatic heterocycles.